The monoisotopic (exact) mass is 591 g/mol. The van der Waals surface area contributed by atoms with Gasteiger partial charge in [-0.1, -0.05) is 0 Å². The van der Waals surface area contributed by atoms with Gasteiger partial charge >= 0.3 is 50.3 Å². The predicted octanol–water partition coefficient (Wildman–Crippen LogP) is -12.2. The van der Waals surface area contributed by atoms with Gasteiger partial charge in [-0.2, -0.15) is 0 Å². The van der Waals surface area contributed by atoms with Crippen LogP contribution >= 0.6 is 0 Å². The molecule has 16 nitrogen and oxygen atoms in total. The summed E-state index contributed by atoms with van der Waals surface area (Å²) in [7, 11) is 0. The number of hydrogen-bond acceptors (Lipinski definition) is 14. The van der Waals surface area contributed by atoms with Gasteiger partial charge in [-0.15, -0.1) is 0 Å². The fourth-order valence-corrected chi connectivity index (χ4v) is 1.37. The van der Waals surface area contributed by atoms with E-state index in [1.54, 1.807) is 0 Å². The molecule has 0 aromatic carbocycles. The molecule has 0 rings (SSSR count). The fourth-order valence-electron chi connectivity index (χ4n) is 1.37. The van der Waals surface area contributed by atoms with Crippen LogP contribution in [-0.2, 0) is 79.1 Å². The topological polar surface area (TPSA) is 344 Å². The van der Waals surface area contributed by atoms with Crippen LogP contribution < -0.4 is 30.6 Å². The zero-order valence-electron chi connectivity index (χ0n) is 14.6. The number of carboxylic acids is 6. The van der Waals surface area contributed by atoms with Gasteiger partial charge < -0.3 is 80.6 Å². The Kier molecular flexibility index (Phi) is 30.5. The maximum absolute atomic E-state index is 10.1. The van der Waals surface area contributed by atoms with Crippen LogP contribution in [0.1, 0.15) is 25.7 Å². The van der Waals surface area contributed by atoms with Gasteiger partial charge in [0.2, 0.25) is 0 Å². The first-order valence-corrected chi connectivity index (χ1v) is 6.23. The van der Waals surface area contributed by atoms with Crippen molar-refractivity contribution in [3.63, 3.8) is 0 Å². The van der Waals surface area contributed by atoms with Crippen molar-refractivity contribution in [2.45, 2.75) is 36.9 Å². The van der Waals surface area contributed by atoms with Crippen molar-refractivity contribution in [3.05, 3.63) is 0 Å². The molecule has 19 heteroatoms. The van der Waals surface area contributed by atoms with Crippen LogP contribution in [0.2, 0.25) is 0 Å². The van der Waals surface area contributed by atoms with Gasteiger partial charge in [0.15, 0.2) is 0 Å². The third-order valence-corrected chi connectivity index (χ3v) is 2.51. The molecule has 0 aliphatic heterocycles. The molecule has 0 spiro atoms. The van der Waals surface area contributed by atoms with Crippen LogP contribution in [0.15, 0.2) is 0 Å². The third-order valence-electron chi connectivity index (χ3n) is 2.51. The summed E-state index contributed by atoms with van der Waals surface area (Å²) in [6, 6.07) is 0. The zero-order valence-corrected chi connectivity index (χ0v) is 17.7. The smallest absolute Gasteiger partial charge is 0.550 e. The molecule has 3 radical (unpaired) electrons. The Morgan fingerprint density at radius 3 is 0.677 bits per heavy atom. The van der Waals surface area contributed by atoms with Gasteiger partial charge in [0.25, 0.3) is 0 Å². The minimum Gasteiger partial charge on any atom is -0.550 e. The van der Waals surface area contributed by atoms with Gasteiger partial charge in [0, 0.05) is 49.6 Å². The van der Waals surface area contributed by atoms with E-state index in [1.165, 1.54) is 0 Å². The average Bonchev–Trinajstić information content (AvgIpc) is 2.34. The van der Waals surface area contributed by atoms with Gasteiger partial charge in [-0.05, 0) is 0 Å². The van der Waals surface area contributed by atoms with E-state index in [4.69, 9.17) is 10.2 Å². The summed E-state index contributed by atoms with van der Waals surface area (Å²) in [6.07, 6.45) is -5.43. The van der Waals surface area contributed by atoms with E-state index in [9.17, 15) is 59.4 Å². The average molecular weight is 591 g/mol. The van der Waals surface area contributed by atoms with Gasteiger partial charge in [-0.3, -0.25) is 0 Å². The molecule has 0 aromatic heterocycles. The number of aliphatic carboxylic acids is 6. The Morgan fingerprint density at radius 2 is 0.613 bits per heavy atom. The zero-order chi connectivity index (χ0) is 21.3. The summed E-state index contributed by atoms with van der Waals surface area (Å²) in [5.74, 6) is -12.0. The molecule has 0 heterocycles. The van der Waals surface area contributed by atoms with Crippen molar-refractivity contribution in [1.82, 2.24) is 0 Å². The molecule has 0 aliphatic carbocycles. The Hall–Kier alpha value is -1.82. The number of rotatable bonds is 10. The number of carbonyl (C=O) groups excluding carboxylic acids is 6. The first-order valence-electron chi connectivity index (χ1n) is 6.23. The maximum atomic E-state index is 10.1. The third kappa shape index (κ3) is 21.2. The summed E-state index contributed by atoms with van der Waals surface area (Å²) in [5.41, 5.74) is -5.95. The minimum atomic E-state index is -2.97. The number of carboxylic acid groups (broad SMARTS) is 6. The second-order valence-electron chi connectivity index (χ2n) is 4.83. The molecule has 0 atom stereocenters. The summed E-state index contributed by atoms with van der Waals surface area (Å²) < 4.78 is 0. The quantitative estimate of drug-likeness (QED) is 0.238. The molecule has 0 aromatic rings. The van der Waals surface area contributed by atoms with Gasteiger partial charge in [0.1, 0.15) is 11.2 Å². The summed E-state index contributed by atoms with van der Waals surface area (Å²) in [5, 5.41) is 77.9. The molecule has 31 heavy (non-hydrogen) atoms. The van der Waals surface area contributed by atoms with E-state index in [-0.39, 0.29) is 61.3 Å². The van der Waals surface area contributed by atoms with Crippen LogP contribution in [0.3, 0.4) is 0 Å². The fraction of sp³-hybridized carbons (Fsp3) is 0.500. The molecule has 0 bridgehead atoms. The van der Waals surface area contributed by atoms with Crippen molar-refractivity contribution in [2.24, 2.45) is 0 Å². The molecule has 0 amide bonds. The minimum absolute atomic E-state index is 0. The predicted molar refractivity (Wildman–Crippen MR) is 65.6 cm³/mol. The Morgan fingerprint density at radius 1 is 0.484 bits per heavy atom. The number of hydrogen-bond donors (Lipinski definition) is 2. The SMILES string of the molecule is O.O.O=C([O-])CC(O)(CC(=O)[O-])C(=O)[O-].O=C([O-])CC(O)(CC(=O)[O-])C(=O)[O-].[Co+2].[Co+2].[Co+2]. The molecular weight excluding hydrogens is 577 g/mol. The summed E-state index contributed by atoms with van der Waals surface area (Å²) >= 11 is 0. The first-order chi connectivity index (χ1) is 11.6. The maximum Gasteiger partial charge on any atom is 2.00 e. The molecule has 0 aliphatic rings. The Balaban J connectivity index is -0.0000000640. The van der Waals surface area contributed by atoms with Gasteiger partial charge in [0.05, 0.1) is 11.9 Å². The molecule has 0 saturated carbocycles. The van der Waals surface area contributed by atoms with E-state index >= 15 is 0 Å². The molecule has 6 N–H and O–H groups in total. The van der Waals surface area contributed by atoms with E-state index in [1.807, 2.05) is 0 Å². The molecular formula is C12H14Co3O16. The van der Waals surface area contributed by atoms with Crippen LogP contribution in [-0.4, -0.2) is 68.2 Å². The normalized spacial score (nSPS) is 9.10. The molecule has 0 unspecified atom stereocenters. The standard InChI is InChI=1S/2C6H8O7.3Co.2H2O/c2*7-3(8)1-6(13,5(11)12)2-4(9)10;;;;;/h2*13H,1-2H2,(H,7,8)(H,9,10)(H,11,12);;;;2*1H2/q;;3*+2;;/p-6. The second-order valence-corrected chi connectivity index (χ2v) is 4.83. The molecule has 0 saturated heterocycles. The van der Waals surface area contributed by atoms with Crippen molar-refractivity contribution >= 4 is 35.8 Å². The van der Waals surface area contributed by atoms with Crippen LogP contribution in [0.4, 0.5) is 0 Å². The van der Waals surface area contributed by atoms with E-state index < -0.39 is 72.7 Å². The number of carbonyl (C=O) groups is 6. The number of aliphatic hydroxyl groups is 2. The first kappa shape index (κ1) is 47.1. The van der Waals surface area contributed by atoms with Crippen molar-refractivity contribution in [1.29, 1.82) is 0 Å². The van der Waals surface area contributed by atoms with Crippen LogP contribution in [0.25, 0.3) is 0 Å². The summed E-state index contributed by atoms with van der Waals surface area (Å²) in [4.78, 5) is 60.0. The van der Waals surface area contributed by atoms with Gasteiger partial charge in [-0.25, -0.2) is 0 Å². The van der Waals surface area contributed by atoms with Crippen molar-refractivity contribution in [3.8, 4) is 0 Å². The second kappa shape index (κ2) is 20.1. The molecule has 0 fully saturated rings. The van der Waals surface area contributed by atoms with E-state index in [2.05, 4.69) is 0 Å². The van der Waals surface area contributed by atoms with Crippen LogP contribution in [0.5, 0.6) is 0 Å². The summed E-state index contributed by atoms with van der Waals surface area (Å²) in [6.45, 7) is 0. The Bertz CT molecular complexity index is 523. The van der Waals surface area contributed by atoms with E-state index in [0.29, 0.717) is 0 Å². The Labute approximate surface area is 203 Å². The molecule has 185 valence electrons. The van der Waals surface area contributed by atoms with Crippen molar-refractivity contribution < 1.29 is 131 Å². The van der Waals surface area contributed by atoms with Crippen LogP contribution in [0, 0.1) is 0 Å². The largest absolute Gasteiger partial charge is 2.00 e. The van der Waals surface area contributed by atoms with Crippen molar-refractivity contribution in [2.75, 3.05) is 0 Å². The van der Waals surface area contributed by atoms with E-state index in [0.717, 1.165) is 0 Å².